The van der Waals surface area contributed by atoms with Gasteiger partial charge in [0.25, 0.3) is 11.8 Å². The molecule has 0 aliphatic carbocycles. The first kappa shape index (κ1) is 17.9. The number of hydrogen-bond acceptors (Lipinski definition) is 4. The van der Waals surface area contributed by atoms with Gasteiger partial charge in [0.05, 0.1) is 0 Å². The van der Waals surface area contributed by atoms with Crippen molar-refractivity contribution in [2.75, 3.05) is 6.61 Å². The van der Waals surface area contributed by atoms with Gasteiger partial charge in [0, 0.05) is 11.6 Å². The predicted octanol–water partition coefficient (Wildman–Crippen LogP) is 1.84. The molecule has 0 unspecified atom stereocenters. The predicted molar refractivity (Wildman–Crippen MR) is 88.4 cm³/mol. The van der Waals surface area contributed by atoms with Crippen molar-refractivity contribution >= 4 is 23.9 Å². The summed E-state index contributed by atoms with van der Waals surface area (Å²) >= 11 is 0. The fourth-order valence-corrected chi connectivity index (χ4v) is 1.78. The van der Waals surface area contributed by atoms with Crippen LogP contribution < -0.4 is 10.9 Å². The summed E-state index contributed by atoms with van der Waals surface area (Å²) in [7, 11) is 0. The van der Waals surface area contributed by atoms with E-state index in [1.54, 1.807) is 36.4 Å². The second-order valence-corrected chi connectivity index (χ2v) is 4.86. The Morgan fingerprint density at radius 1 is 1.00 bits per heavy atom. The van der Waals surface area contributed by atoms with E-state index < -0.39 is 30.2 Å². The molecule has 7 heteroatoms. The molecule has 0 spiro atoms. The summed E-state index contributed by atoms with van der Waals surface area (Å²) in [5.41, 5.74) is 5.18. The monoisotopic (exact) mass is 342 g/mol. The molecule has 2 aromatic rings. The number of ether oxygens (including phenoxy) is 1. The van der Waals surface area contributed by atoms with E-state index in [2.05, 4.69) is 10.9 Å². The van der Waals surface area contributed by atoms with Gasteiger partial charge in [-0.1, -0.05) is 30.3 Å². The molecule has 0 aliphatic rings. The lowest BCUT2D eigenvalue weighted by Gasteiger charge is -2.07. The third kappa shape index (κ3) is 6.26. The fraction of sp³-hybridized carbons (Fsp3) is 0.0556. The summed E-state index contributed by atoms with van der Waals surface area (Å²) in [5, 5.41) is 0. The molecular formula is C18H15FN2O4. The molecule has 2 N–H and O–H groups in total. The SMILES string of the molecule is O=C(COC(=O)C=Cc1cccc(F)c1)NNC(=O)c1ccccc1. The van der Waals surface area contributed by atoms with Crippen molar-refractivity contribution in [3.05, 3.63) is 77.6 Å². The Bertz CT molecular complexity index is 791. The van der Waals surface area contributed by atoms with Crippen LogP contribution in [0.1, 0.15) is 15.9 Å². The summed E-state index contributed by atoms with van der Waals surface area (Å²) in [6.07, 6.45) is 2.44. The van der Waals surface area contributed by atoms with Gasteiger partial charge in [0.2, 0.25) is 0 Å². The number of carbonyl (C=O) groups is 3. The first-order chi connectivity index (χ1) is 12.0. The van der Waals surface area contributed by atoms with Crippen LogP contribution in [-0.2, 0) is 14.3 Å². The quantitative estimate of drug-likeness (QED) is 0.493. The lowest BCUT2D eigenvalue weighted by Crippen LogP contribution is -2.43. The minimum atomic E-state index is -0.770. The molecule has 2 rings (SSSR count). The molecule has 0 aliphatic heterocycles. The van der Waals surface area contributed by atoms with Crippen LogP contribution in [0.4, 0.5) is 4.39 Å². The van der Waals surface area contributed by atoms with Crippen LogP contribution in [0.25, 0.3) is 6.08 Å². The molecule has 0 saturated carbocycles. The Kier molecular flexibility index (Phi) is 6.41. The van der Waals surface area contributed by atoms with Crippen LogP contribution in [0.15, 0.2) is 60.7 Å². The molecule has 2 aromatic carbocycles. The highest BCUT2D eigenvalue weighted by molar-refractivity contribution is 5.95. The summed E-state index contributed by atoms with van der Waals surface area (Å²) in [5.74, 6) is -2.39. The van der Waals surface area contributed by atoms with Crippen LogP contribution in [0.2, 0.25) is 0 Å². The van der Waals surface area contributed by atoms with Crippen LogP contribution in [0.3, 0.4) is 0 Å². The van der Waals surface area contributed by atoms with E-state index in [1.165, 1.54) is 24.3 Å². The van der Waals surface area contributed by atoms with Crippen molar-refractivity contribution in [2.24, 2.45) is 0 Å². The molecule has 0 atom stereocenters. The number of hydrazine groups is 1. The second kappa shape index (κ2) is 8.97. The van der Waals surface area contributed by atoms with E-state index in [1.807, 2.05) is 0 Å². The highest BCUT2D eigenvalue weighted by Crippen LogP contribution is 2.05. The van der Waals surface area contributed by atoms with Gasteiger partial charge in [-0.25, -0.2) is 9.18 Å². The molecule has 0 aromatic heterocycles. The average molecular weight is 342 g/mol. The molecule has 0 fully saturated rings. The highest BCUT2D eigenvalue weighted by Gasteiger charge is 2.08. The van der Waals surface area contributed by atoms with Crippen molar-refractivity contribution in [3.63, 3.8) is 0 Å². The molecule has 25 heavy (non-hydrogen) atoms. The average Bonchev–Trinajstić information content (AvgIpc) is 2.63. The number of amides is 2. The van der Waals surface area contributed by atoms with Gasteiger partial charge in [-0.2, -0.15) is 0 Å². The molecule has 0 saturated heterocycles. The topological polar surface area (TPSA) is 84.5 Å². The van der Waals surface area contributed by atoms with Gasteiger partial charge < -0.3 is 4.74 Å². The Morgan fingerprint density at radius 3 is 2.48 bits per heavy atom. The van der Waals surface area contributed by atoms with Crippen LogP contribution in [0.5, 0.6) is 0 Å². The first-order valence-corrected chi connectivity index (χ1v) is 7.29. The molecule has 0 heterocycles. The van der Waals surface area contributed by atoms with Gasteiger partial charge in [0.1, 0.15) is 5.82 Å². The number of hydrogen-bond donors (Lipinski definition) is 2. The largest absolute Gasteiger partial charge is 0.452 e. The Balaban J connectivity index is 1.72. The third-order valence-electron chi connectivity index (χ3n) is 2.96. The summed E-state index contributed by atoms with van der Waals surface area (Å²) < 4.78 is 17.7. The van der Waals surface area contributed by atoms with E-state index in [0.717, 1.165) is 6.08 Å². The van der Waals surface area contributed by atoms with E-state index in [-0.39, 0.29) is 0 Å². The number of rotatable bonds is 5. The van der Waals surface area contributed by atoms with E-state index in [9.17, 15) is 18.8 Å². The number of benzene rings is 2. The maximum absolute atomic E-state index is 13.0. The second-order valence-electron chi connectivity index (χ2n) is 4.86. The zero-order valence-electron chi connectivity index (χ0n) is 13.1. The first-order valence-electron chi connectivity index (χ1n) is 7.29. The fourth-order valence-electron chi connectivity index (χ4n) is 1.78. The number of carbonyl (C=O) groups excluding carboxylic acids is 3. The molecule has 2 amide bonds. The Labute approximate surface area is 143 Å². The minimum Gasteiger partial charge on any atom is -0.452 e. The smallest absolute Gasteiger partial charge is 0.331 e. The minimum absolute atomic E-state index is 0.373. The molecule has 0 radical (unpaired) electrons. The highest BCUT2D eigenvalue weighted by atomic mass is 19.1. The summed E-state index contributed by atoms with van der Waals surface area (Å²) in [6.45, 7) is -0.568. The van der Waals surface area contributed by atoms with E-state index in [0.29, 0.717) is 11.1 Å². The Morgan fingerprint density at radius 2 is 1.76 bits per heavy atom. The maximum atomic E-state index is 13.0. The van der Waals surface area contributed by atoms with Gasteiger partial charge in [-0.15, -0.1) is 0 Å². The third-order valence-corrected chi connectivity index (χ3v) is 2.96. The van der Waals surface area contributed by atoms with Gasteiger partial charge in [0.15, 0.2) is 6.61 Å². The Hall–Kier alpha value is -3.48. The van der Waals surface area contributed by atoms with Crippen LogP contribution >= 0.6 is 0 Å². The van der Waals surface area contributed by atoms with Crippen molar-refractivity contribution in [3.8, 4) is 0 Å². The zero-order valence-corrected chi connectivity index (χ0v) is 13.1. The summed E-state index contributed by atoms with van der Waals surface area (Å²) in [6, 6.07) is 13.9. The number of nitrogens with one attached hydrogen (secondary N) is 2. The van der Waals surface area contributed by atoms with Gasteiger partial charge in [-0.05, 0) is 35.9 Å². The number of esters is 1. The van der Waals surface area contributed by atoms with Gasteiger partial charge in [-0.3, -0.25) is 20.4 Å². The molecule has 6 nitrogen and oxygen atoms in total. The lowest BCUT2D eigenvalue weighted by molar-refractivity contribution is -0.144. The van der Waals surface area contributed by atoms with Crippen molar-refractivity contribution in [2.45, 2.75) is 0 Å². The van der Waals surface area contributed by atoms with Crippen molar-refractivity contribution in [1.82, 2.24) is 10.9 Å². The normalized spacial score (nSPS) is 10.3. The maximum Gasteiger partial charge on any atom is 0.331 e. The standard InChI is InChI=1S/C18H15FN2O4/c19-15-8-4-5-13(11-15)9-10-17(23)25-12-16(22)20-21-18(24)14-6-2-1-3-7-14/h1-11H,12H2,(H,20,22)(H,21,24). The van der Waals surface area contributed by atoms with Crippen LogP contribution in [-0.4, -0.2) is 24.4 Å². The van der Waals surface area contributed by atoms with E-state index in [4.69, 9.17) is 4.74 Å². The van der Waals surface area contributed by atoms with Crippen molar-refractivity contribution in [1.29, 1.82) is 0 Å². The molecule has 0 bridgehead atoms. The molecule has 128 valence electrons. The van der Waals surface area contributed by atoms with Crippen molar-refractivity contribution < 1.29 is 23.5 Å². The summed E-state index contributed by atoms with van der Waals surface area (Å²) in [4.78, 5) is 34.7. The lowest BCUT2D eigenvalue weighted by atomic mass is 10.2. The number of halogens is 1. The molecular weight excluding hydrogens is 327 g/mol. The van der Waals surface area contributed by atoms with Gasteiger partial charge >= 0.3 is 5.97 Å². The zero-order chi connectivity index (χ0) is 18.1. The van der Waals surface area contributed by atoms with Crippen LogP contribution in [0, 0.1) is 5.82 Å². The van der Waals surface area contributed by atoms with E-state index >= 15 is 0 Å².